The van der Waals surface area contributed by atoms with Gasteiger partial charge >= 0.3 is 6.09 Å². The maximum absolute atomic E-state index is 13.4. The maximum atomic E-state index is 13.4. The van der Waals surface area contributed by atoms with E-state index in [2.05, 4.69) is 16.0 Å². The number of alkyl carbamates (subject to hydrolysis) is 1. The van der Waals surface area contributed by atoms with Crippen LogP contribution in [0.1, 0.15) is 31.9 Å². The van der Waals surface area contributed by atoms with E-state index in [4.69, 9.17) is 4.74 Å². The van der Waals surface area contributed by atoms with Crippen molar-refractivity contribution >= 4 is 23.6 Å². The summed E-state index contributed by atoms with van der Waals surface area (Å²) in [5.74, 6) is -0.831. The SMILES string of the molecule is CC(C)(C)OC(=O)N[C@@H](Cc1ccccc1)C(=O)N[C@@H](Cc1ccccc1)C(=O)Nc1ccccc1. The van der Waals surface area contributed by atoms with E-state index in [0.29, 0.717) is 5.69 Å². The molecule has 0 fully saturated rings. The molecule has 0 saturated carbocycles. The minimum atomic E-state index is -0.940. The molecule has 0 bridgehead atoms. The Morgan fingerprint density at radius 1 is 0.667 bits per heavy atom. The summed E-state index contributed by atoms with van der Waals surface area (Å²) in [5.41, 5.74) is 1.67. The highest BCUT2D eigenvalue weighted by Crippen LogP contribution is 2.12. The zero-order valence-corrected chi connectivity index (χ0v) is 20.9. The first-order valence-electron chi connectivity index (χ1n) is 11.9. The number of hydrogen-bond acceptors (Lipinski definition) is 4. The third kappa shape index (κ3) is 8.91. The molecule has 0 radical (unpaired) electrons. The number of amides is 3. The summed E-state index contributed by atoms with van der Waals surface area (Å²) in [6.07, 6.45) is -0.174. The van der Waals surface area contributed by atoms with E-state index in [1.165, 1.54) is 0 Å². The lowest BCUT2D eigenvalue weighted by molar-refractivity contribution is -0.127. The van der Waals surface area contributed by atoms with Crippen molar-refractivity contribution < 1.29 is 19.1 Å². The van der Waals surface area contributed by atoms with Gasteiger partial charge in [-0.15, -0.1) is 0 Å². The van der Waals surface area contributed by atoms with E-state index in [-0.39, 0.29) is 18.7 Å². The van der Waals surface area contributed by atoms with Crippen molar-refractivity contribution in [2.75, 3.05) is 5.32 Å². The molecule has 0 aliphatic rings. The Morgan fingerprint density at radius 3 is 1.58 bits per heavy atom. The smallest absolute Gasteiger partial charge is 0.408 e. The van der Waals surface area contributed by atoms with Crippen molar-refractivity contribution in [1.82, 2.24) is 10.6 Å². The van der Waals surface area contributed by atoms with Crippen molar-refractivity contribution in [1.29, 1.82) is 0 Å². The highest BCUT2D eigenvalue weighted by molar-refractivity contribution is 5.98. The van der Waals surface area contributed by atoms with Crippen molar-refractivity contribution in [3.63, 3.8) is 0 Å². The van der Waals surface area contributed by atoms with Crippen LogP contribution in [-0.2, 0) is 27.2 Å². The van der Waals surface area contributed by atoms with Gasteiger partial charge in [0.05, 0.1) is 0 Å². The molecule has 3 aromatic rings. The Bertz CT molecular complexity index is 1130. The van der Waals surface area contributed by atoms with Crippen LogP contribution in [-0.4, -0.2) is 35.6 Å². The zero-order chi connectivity index (χ0) is 26.0. The minimum Gasteiger partial charge on any atom is -0.444 e. The largest absolute Gasteiger partial charge is 0.444 e. The fraction of sp³-hybridized carbons (Fsp3) is 0.276. The van der Waals surface area contributed by atoms with Gasteiger partial charge in [-0.05, 0) is 44.0 Å². The van der Waals surface area contributed by atoms with Crippen molar-refractivity contribution in [2.45, 2.75) is 51.3 Å². The molecule has 3 amide bonds. The number of para-hydroxylation sites is 1. The molecule has 0 heterocycles. The zero-order valence-electron chi connectivity index (χ0n) is 20.9. The van der Waals surface area contributed by atoms with Gasteiger partial charge in [-0.1, -0.05) is 78.9 Å². The second-order valence-electron chi connectivity index (χ2n) is 9.49. The van der Waals surface area contributed by atoms with Crippen LogP contribution in [0.25, 0.3) is 0 Å². The van der Waals surface area contributed by atoms with Crippen molar-refractivity contribution in [3.05, 3.63) is 102 Å². The van der Waals surface area contributed by atoms with Crippen LogP contribution in [0, 0.1) is 0 Å². The van der Waals surface area contributed by atoms with Crippen LogP contribution >= 0.6 is 0 Å². The quantitative estimate of drug-likeness (QED) is 0.414. The predicted octanol–water partition coefficient (Wildman–Crippen LogP) is 4.49. The molecule has 7 nitrogen and oxygen atoms in total. The molecule has 2 atom stereocenters. The fourth-order valence-corrected chi connectivity index (χ4v) is 3.59. The van der Waals surface area contributed by atoms with Gasteiger partial charge in [0, 0.05) is 18.5 Å². The normalized spacial score (nSPS) is 12.6. The van der Waals surface area contributed by atoms with Gasteiger partial charge in [-0.25, -0.2) is 4.79 Å². The Balaban J connectivity index is 1.80. The van der Waals surface area contributed by atoms with Crippen LogP contribution in [0.4, 0.5) is 10.5 Å². The monoisotopic (exact) mass is 487 g/mol. The molecule has 188 valence electrons. The first kappa shape index (κ1) is 26.5. The molecule has 0 aliphatic carbocycles. The molecule has 7 heteroatoms. The summed E-state index contributed by atoms with van der Waals surface area (Å²) in [6.45, 7) is 5.26. The summed E-state index contributed by atoms with van der Waals surface area (Å²) in [5, 5.41) is 8.39. The molecule has 0 aromatic heterocycles. The molecule has 0 saturated heterocycles. The Morgan fingerprint density at radius 2 is 1.11 bits per heavy atom. The van der Waals surface area contributed by atoms with Crippen LogP contribution in [0.3, 0.4) is 0 Å². The van der Waals surface area contributed by atoms with Crippen LogP contribution in [0.2, 0.25) is 0 Å². The highest BCUT2D eigenvalue weighted by Gasteiger charge is 2.29. The third-order valence-electron chi connectivity index (χ3n) is 5.25. The number of anilines is 1. The van der Waals surface area contributed by atoms with Crippen LogP contribution in [0.5, 0.6) is 0 Å². The van der Waals surface area contributed by atoms with Crippen LogP contribution in [0.15, 0.2) is 91.0 Å². The lowest BCUT2D eigenvalue weighted by Crippen LogP contribution is -2.54. The molecular weight excluding hydrogens is 454 g/mol. The van der Waals surface area contributed by atoms with Crippen LogP contribution < -0.4 is 16.0 Å². The lowest BCUT2D eigenvalue weighted by atomic mass is 10.0. The summed E-state index contributed by atoms with van der Waals surface area (Å²) >= 11 is 0. The minimum absolute atomic E-state index is 0.240. The van der Waals surface area contributed by atoms with Gasteiger partial charge in [0.2, 0.25) is 11.8 Å². The number of carbonyl (C=O) groups is 3. The predicted molar refractivity (Wildman–Crippen MR) is 140 cm³/mol. The molecule has 36 heavy (non-hydrogen) atoms. The number of nitrogens with one attached hydrogen (secondary N) is 3. The van der Waals surface area contributed by atoms with E-state index in [1.54, 1.807) is 32.9 Å². The molecule has 3 N–H and O–H groups in total. The van der Waals surface area contributed by atoms with Gasteiger partial charge in [0.25, 0.3) is 0 Å². The topological polar surface area (TPSA) is 96.5 Å². The van der Waals surface area contributed by atoms with E-state index < -0.39 is 29.7 Å². The molecular formula is C29H33N3O4. The third-order valence-corrected chi connectivity index (χ3v) is 5.25. The summed E-state index contributed by atoms with van der Waals surface area (Å²) in [4.78, 5) is 39.2. The Hall–Kier alpha value is -4.13. The van der Waals surface area contributed by atoms with Gasteiger partial charge in [0.15, 0.2) is 0 Å². The summed E-state index contributed by atoms with van der Waals surface area (Å²) in [7, 11) is 0. The van der Waals surface area contributed by atoms with Crippen molar-refractivity contribution in [3.8, 4) is 0 Å². The first-order valence-corrected chi connectivity index (χ1v) is 11.9. The summed E-state index contributed by atoms with van der Waals surface area (Å²) < 4.78 is 5.37. The first-order chi connectivity index (χ1) is 17.2. The Labute approximate surface area is 212 Å². The standard InChI is InChI=1S/C29H33N3O4/c1-29(2,3)36-28(35)32-25(20-22-15-9-5-10-16-22)27(34)31-24(19-21-13-7-4-8-14-21)26(33)30-23-17-11-6-12-18-23/h4-18,24-25H,19-20H2,1-3H3,(H,30,33)(H,31,34)(H,32,35)/t24-,25-/m0/s1. The number of carbonyl (C=O) groups excluding carboxylic acids is 3. The van der Waals surface area contributed by atoms with E-state index >= 15 is 0 Å². The number of ether oxygens (including phenoxy) is 1. The van der Waals surface area contributed by atoms with Crippen molar-refractivity contribution in [2.24, 2.45) is 0 Å². The number of rotatable bonds is 9. The maximum Gasteiger partial charge on any atom is 0.408 e. The average Bonchev–Trinajstić information content (AvgIpc) is 2.84. The molecule has 0 unspecified atom stereocenters. The Kier molecular flexibility index (Phi) is 9.22. The lowest BCUT2D eigenvalue weighted by Gasteiger charge is -2.25. The van der Waals surface area contributed by atoms with Gasteiger partial charge in [0.1, 0.15) is 17.7 Å². The second kappa shape index (κ2) is 12.5. The summed E-state index contributed by atoms with van der Waals surface area (Å²) in [6, 6.07) is 26.1. The van der Waals surface area contributed by atoms with E-state index in [1.807, 2.05) is 78.9 Å². The highest BCUT2D eigenvalue weighted by atomic mass is 16.6. The van der Waals surface area contributed by atoms with Gasteiger partial charge in [-0.3, -0.25) is 9.59 Å². The number of hydrogen-bond donors (Lipinski definition) is 3. The number of benzene rings is 3. The van der Waals surface area contributed by atoms with E-state index in [0.717, 1.165) is 11.1 Å². The van der Waals surface area contributed by atoms with Gasteiger partial charge < -0.3 is 20.7 Å². The molecule has 3 rings (SSSR count). The molecule has 3 aromatic carbocycles. The molecule has 0 aliphatic heterocycles. The molecule has 0 spiro atoms. The van der Waals surface area contributed by atoms with Gasteiger partial charge in [-0.2, -0.15) is 0 Å². The fourth-order valence-electron chi connectivity index (χ4n) is 3.59. The average molecular weight is 488 g/mol. The second-order valence-corrected chi connectivity index (χ2v) is 9.49. The van der Waals surface area contributed by atoms with E-state index in [9.17, 15) is 14.4 Å².